The molecule has 1 fully saturated rings. The van der Waals surface area contributed by atoms with Gasteiger partial charge in [-0.1, -0.05) is 26.2 Å². The zero-order valence-corrected chi connectivity index (χ0v) is 15.9. The van der Waals surface area contributed by atoms with E-state index in [0.717, 1.165) is 25.7 Å². The molecule has 0 spiro atoms. The molecule has 0 saturated carbocycles. The van der Waals surface area contributed by atoms with Crippen LogP contribution in [0.2, 0.25) is 0 Å². The molecule has 1 aliphatic heterocycles. The lowest BCUT2D eigenvalue weighted by Gasteiger charge is -2.24. The molecule has 2 rings (SSSR count). The van der Waals surface area contributed by atoms with E-state index >= 15 is 0 Å². The molecule has 1 saturated heterocycles. The Kier molecular flexibility index (Phi) is 7.69. The van der Waals surface area contributed by atoms with Gasteiger partial charge in [-0.25, -0.2) is 4.79 Å². The van der Waals surface area contributed by atoms with Gasteiger partial charge in [0.2, 0.25) is 0 Å². The van der Waals surface area contributed by atoms with Crippen molar-refractivity contribution in [2.24, 2.45) is 0 Å². The zero-order valence-electron chi connectivity index (χ0n) is 15.9. The Balaban J connectivity index is 1.97. The van der Waals surface area contributed by atoms with Gasteiger partial charge in [0.05, 0.1) is 11.5 Å². The number of aliphatic hydroxyl groups is 1. The van der Waals surface area contributed by atoms with Gasteiger partial charge in [0, 0.05) is 30.5 Å². The minimum Gasteiger partial charge on any atom is -0.461 e. The number of non-ortho nitro benzene ring substituents is 1. The molecule has 1 N–H and O–H groups in total. The number of esters is 2. The van der Waals surface area contributed by atoms with Crippen LogP contribution in [0, 0.1) is 10.1 Å². The van der Waals surface area contributed by atoms with Gasteiger partial charge in [0.15, 0.2) is 5.60 Å². The van der Waals surface area contributed by atoms with Crippen molar-refractivity contribution in [2.45, 2.75) is 51.0 Å². The molecular weight excluding hydrogens is 366 g/mol. The topological polar surface area (TPSA) is 116 Å². The van der Waals surface area contributed by atoms with Crippen molar-refractivity contribution < 1.29 is 29.1 Å². The number of rotatable bonds is 10. The second-order valence-electron chi connectivity index (χ2n) is 6.90. The van der Waals surface area contributed by atoms with Crippen LogP contribution in [0.1, 0.15) is 51.0 Å². The van der Waals surface area contributed by atoms with Crippen molar-refractivity contribution >= 4 is 23.7 Å². The first-order chi connectivity index (χ1) is 13.4. The number of unbranched alkanes of at least 4 members (excludes halogenated alkanes) is 3. The van der Waals surface area contributed by atoms with E-state index in [-0.39, 0.29) is 24.7 Å². The molecule has 152 valence electrons. The molecule has 0 radical (unpaired) electrons. The predicted molar refractivity (Wildman–Crippen MR) is 101 cm³/mol. The van der Waals surface area contributed by atoms with Crippen molar-refractivity contribution in [1.82, 2.24) is 0 Å². The van der Waals surface area contributed by atoms with Crippen molar-refractivity contribution in [2.75, 3.05) is 13.2 Å². The Morgan fingerprint density at radius 3 is 2.64 bits per heavy atom. The number of nitro groups is 1. The first kappa shape index (κ1) is 21.6. The lowest BCUT2D eigenvalue weighted by atomic mass is 9.98. The average molecular weight is 391 g/mol. The summed E-state index contributed by atoms with van der Waals surface area (Å²) in [6.45, 7) is 1.40. The third kappa shape index (κ3) is 5.88. The van der Waals surface area contributed by atoms with Crippen molar-refractivity contribution in [1.29, 1.82) is 0 Å². The SMILES string of the molecule is CCCCCCC(=O)OCC1(CO)C/C(=C\c2ccc([N+](=O)[O-])cc2)C(=O)O1. The number of benzene rings is 1. The van der Waals surface area contributed by atoms with Gasteiger partial charge in [-0.15, -0.1) is 0 Å². The molecule has 1 atom stereocenters. The molecule has 1 heterocycles. The molecule has 8 nitrogen and oxygen atoms in total. The fraction of sp³-hybridized carbons (Fsp3) is 0.500. The maximum absolute atomic E-state index is 12.2. The number of aliphatic hydroxyl groups excluding tert-OH is 1. The fourth-order valence-corrected chi connectivity index (χ4v) is 2.92. The molecule has 1 aliphatic rings. The summed E-state index contributed by atoms with van der Waals surface area (Å²) in [7, 11) is 0. The van der Waals surface area contributed by atoms with E-state index in [2.05, 4.69) is 6.92 Å². The normalized spacial score (nSPS) is 20.2. The number of carbonyl (C=O) groups excluding carboxylic acids is 2. The van der Waals surface area contributed by atoms with E-state index in [0.29, 0.717) is 17.6 Å². The number of hydrogen-bond acceptors (Lipinski definition) is 7. The highest BCUT2D eigenvalue weighted by Gasteiger charge is 2.44. The molecule has 0 amide bonds. The zero-order chi connectivity index (χ0) is 20.6. The third-order valence-corrected chi connectivity index (χ3v) is 4.55. The van der Waals surface area contributed by atoms with E-state index < -0.39 is 23.1 Å². The summed E-state index contributed by atoms with van der Waals surface area (Å²) >= 11 is 0. The summed E-state index contributed by atoms with van der Waals surface area (Å²) in [5.74, 6) is -0.987. The smallest absolute Gasteiger partial charge is 0.334 e. The summed E-state index contributed by atoms with van der Waals surface area (Å²) in [5, 5.41) is 20.4. The highest BCUT2D eigenvalue weighted by molar-refractivity contribution is 5.96. The molecule has 8 heteroatoms. The maximum atomic E-state index is 12.2. The number of ether oxygens (including phenoxy) is 2. The van der Waals surface area contributed by atoms with Crippen LogP contribution in [0.3, 0.4) is 0 Å². The quantitative estimate of drug-likeness (QED) is 0.214. The van der Waals surface area contributed by atoms with E-state index in [4.69, 9.17) is 9.47 Å². The Bertz CT molecular complexity index is 741. The van der Waals surface area contributed by atoms with Gasteiger partial charge in [0.25, 0.3) is 5.69 Å². The first-order valence-corrected chi connectivity index (χ1v) is 9.34. The number of nitrogens with zero attached hydrogens (tertiary/aromatic N) is 1. The van der Waals surface area contributed by atoms with Crippen LogP contribution >= 0.6 is 0 Å². The minimum atomic E-state index is -1.29. The molecule has 1 aromatic carbocycles. The van der Waals surface area contributed by atoms with E-state index in [1.165, 1.54) is 24.3 Å². The summed E-state index contributed by atoms with van der Waals surface area (Å²) in [6, 6.07) is 5.72. The van der Waals surface area contributed by atoms with Gasteiger partial charge in [-0.05, 0) is 30.2 Å². The van der Waals surface area contributed by atoms with Gasteiger partial charge < -0.3 is 14.6 Å². The number of nitro benzene ring substituents is 1. The van der Waals surface area contributed by atoms with Crippen LogP contribution in [-0.2, 0) is 19.1 Å². The molecule has 28 heavy (non-hydrogen) atoms. The molecule has 0 aromatic heterocycles. The van der Waals surface area contributed by atoms with Gasteiger partial charge in [-0.3, -0.25) is 14.9 Å². The minimum absolute atomic E-state index is 0.0493. The standard InChI is InChI=1S/C20H25NO7/c1-2-3-4-5-6-18(23)27-14-20(13-22)12-16(19(24)28-20)11-15-7-9-17(10-8-15)21(25)26/h7-11,22H,2-6,12-14H2,1H3/b16-11+. The largest absolute Gasteiger partial charge is 0.461 e. The van der Waals surface area contributed by atoms with Gasteiger partial charge in [0.1, 0.15) is 6.61 Å². The molecule has 0 aliphatic carbocycles. The molecule has 1 aromatic rings. The Hall–Kier alpha value is -2.74. The third-order valence-electron chi connectivity index (χ3n) is 4.55. The van der Waals surface area contributed by atoms with E-state index in [1.54, 1.807) is 6.08 Å². The Morgan fingerprint density at radius 1 is 1.32 bits per heavy atom. The number of cyclic esters (lactones) is 1. The lowest BCUT2D eigenvalue weighted by Crippen LogP contribution is -2.39. The van der Waals surface area contributed by atoms with Gasteiger partial charge >= 0.3 is 11.9 Å². The number of hydrogen-bond donors (Lipinski definition) is 1. The monoisotopic (exact) mass is 391 g/mol. The predicted octanol–water partition coefficient (Wildman–Crippen LogP) is 3.17. The fourth-order valence-electron chi connectivity index (χ4n) is 2.92. The summed E-state index contributed by atoms with van der Waals surface area (Å²) in [4.78, 5) is 34.2. The second kappa shape index (κ2) is 9.98. The lowest BCUT2D eigenvalue weighted by molar-refractivity contribution is -0.384. The van der Waals surface area contributed by atoms with E-state index in [1.807, 2.05) is 0 Å². The maximum Gasteiger partial charge on any atom is 0.334 e. The summed E-state index contributed by atoms with van der Waals surface area (Å²) in [5.41, 5.74) is -0.434. The first-order valence-electron chi connectivity index (χ1n) is 9.34. The van der Waals surface area contributed by atoms with Crippen molar-refractivity contribution in [3.8, 4) is 0 Å². The number of carbonyl (C=O) groups is 2. The van der Waals surface area contributed by atoms with Crippen LogP contribution < -0.4 is 0 Å². The summed E-state index contributed by atoms with van der Waals surface area (Å²) < 4.78 is 10.5. The van der Waals surface area contributed by atoms with Crippen molar-refractivity contribution in [3.05, 3.63) is 45.5 Å². The van der Waals surface area contributed by atoms with Crippen LogP contribution in [0.15, 0.2) is 29.8 Å². The molecular formula is C20H25NO7. The van der Waals surface area contributed by atoms with Crippen LogP contribution in [0.4, 0.5) is 5.69 Å². The Morgan fingerprint density at radius 2 is 2.04 bits per heavy atom. The Labute approximate surface area is 163 Å². The van der Waals surface area contributed by atoms with Gasteiger partial charge in [-0.2, -0.15) is 0 Å². The van der Waals surface area contributed by atoms with Crippen LogP contribution in [-0.4, -0.2) is 40.8 Å². The van der Waals surface area contributed by atoms with Crippen LogP contribution in [0.25, 0.3) is 6.08 Å². The van der Waals surface area contributed by atoms with Crippen LogP contribution in [0.5, 0.6) is 0 Å². The summed E-state index contributed by atoms with van der Waals surface area (Å²) in [6.07, 6.45) is 5.75. The average Bonchev–Trinajstić information content (AvgIpc) is 3.00. The highest BCUT2D eigenvalue weighted by Crippen LogP contribution is 2.32. The molecule has 1 unspecified atom stereocenters. The second-order valence-corrected chi connectivity index (χ2v) is 6.90. The highest BCUT2D eigenvalue weighted by atomic mass is 16.6. The molecule has 0 bridgehead atoms. The van der Waals surface area contributed by atoms with Crippen molar-refractivity contribution in [3.63, 3.8) is 0 Å². The van der Waals surface area contributed by atoms with E-state index in [9.17, 15) is 24.8 Å².